The maximum absolute atomic E-state index is 10.9. The number of hydrogen-bond donors (Lipinski definition) is 2. The second-order valence-corrected chi connectivity index (χ2v) is 10.5. The van der Waals surface area contributed by atoms with Crippen LogP contribution in [0.2, 0.25) is 0 Å². The summed E-state index contributed by atoms with van der Waals surface area (Å²) in [6, 6.07) is 10.0. The molecule has 0 atom stereocenters. The van der Waals surface area contributed by atoms with Gasteiger partial charge in [0.05, 0.1) is 6.61 Å². The zero-order valence-corrected chi connectivity index (χ0v) is 16.8. The molecule has 0 aliphatic heterocycles. The predicted octanol–water partition coefficient (Wildman–Crippen LogP) is 5.20. The molecule has 7 heteroatoms. The van der Waals surface area contributed by atoms with Crippen molar-refractivity contribution in [1.29, 1.82) is 0 Å². The summed E-state index contributed by atoms with van der Waals surface area (Å²) < 4.78 is -0.803. The van der Waals surface area contributed by atoms with Gasteiger partial charge in [0.2, 0.25) is 0 Å². The fraction of sp³-hybridized carbons (Fsp3) is 0.412. The molecule has 2 N–H and O–H groups in total. The Morgan fingerprint density at radius 2 is 1.79 bits per heavy atom. The van der Waals surface area contributed by atoms with Crippen LogP contribution in [0.25, 0.3) is 6.08 Å². The van der Waals surface area contributed by atoms with Gasteiger partial charge in [-0.05, 0) is 33.3 Å². The Bertz CT molecular complexity index is 542. The van der Waals surface area contributed by atoms with Crippen LogP contribution in [0.3, 0.4) is 0 Å². The first-order valence-electron chi connectivity index (χ1n) is 7.13. The van der Waals surface area contributed by atoms with E-state index in [2.05, 4.69) is 11.5 Å². The molecule has 0 bridgehead atoms. The van der Waals surface area contributed by atoms with Crippen molar-refractivity contribution in [2.75, 3.05) is 6.61 Å². The van der Waals surface area contributed by atoms with Crippen molar-refractivity contribution in [2.45, 2.75) is 37.2 Å². The third kappa shape index (κ3) is 10.1. The number of carboxylic acids is 1. The summed E-state index contributed by atoms with van der Waals surface area (Å²) >= 11 is 7.55. The lowest BCUT2D eigenvalue weighted by atomic mass is 10.2. The lowest BCUT2D eigenvalue weighted by Gasteiger charge is -2.24. The molecule has 24 heavy (non-hydrogen) atoms. The summed E-state index contributed by atoms with van der Waals surface area (Å²) in [7, 11) is 0. The van der Waals surface area contributed by atoms with Gasteiger partial charge in [0, 0.05) is 4.75 Å². The molecular weight excluding hydrogens is 364 g/mol. The maximum Gasteiger partial charge on any atom is 0.319 e. The average molecular weight is 389 g/mol. The Morgan fingerprint density at radius 1 is 1.25 bits per heavy atom. The normalized spacial score (nSPS) is 11.2. The molecule has 0 heterocycles. The summed E-state index contributed by atoms with van der Waals surface area (Å²) in [6.45, 7) is 10.7. The van der Waals surface area contributed by atoms with Crippen molar-refractivity contribution in [1.82, 2.24) is 0 Å². The predicted molar refractivity (Wildman–Crippen MR) is 109 cm³/mol. The van der Waals surface area contributed by atoms with Crippen LogP contribution in [0.4, 0.5) is 0 Å². The van der Waals surface area contributed by atoms with Crippen LogP contribution < -0.4 is 0 Å². The van der Waals surface area contributed by atoms with E-state index in [9.17, 15) is 4.79 Å². The quantitative estimate of drug-likeness (QED) is 0.394. The van der Waals surface area contributed by atoms with Gasteiger partial charge in [-0.3, -0.25) is 10.1 Å². The summed E-state index contributed by atoms with van der Waals surface area (Å²) in [4.78, 5) is 15.0. The van der Waals surface area contributed by atoms with Crippen LogP contribution in [0.15, 0.2) is 36.9 Å². The first-order chi connectivity index (χ1) is 11.0. The van der Waals surface area contributed by atoms with Gasteiger partial charge >= 0.3 is 5.97 Å². The summed E-state index contributed by atoms with van der Waals surface area (Å²) in [5.74, 6) is -0.906. The monoisotopic (exact) mass is 388 g/mol. The third-order valence-electron chi connectivity index (χ3n) is 2.66. The Balaban J connectivity index is 0.000000546. The van der Waals surface area contributed by atoms with Gasteiger partial charge in [-0.25, -0.2) is 4.89 Å². The smallest absolute Gasteiger partial charge is 0.319 e. The average Bonchev–Trinajstić information content (AvgIpc) is 2.47. The highest BCUT2D eigenvalue weighted by Gasteiger charge is 2.32. The topological polar surface area (TPSA) is 66.8 Å². The minimum absolute atomic E-state index is 0.131. The lowest BCUT2D eigenvalue weighted by Crippen LogP contribution is -2.29. The third-order valence-corrected chi connectivity index (χ3v) is 5.35. The van der Waals surface area contributed by atoms with Gasteiger partial charge in [0.1, 0.15) is 8.28 Å². The van der Waals surface area contributed by atoms with Gasteiger partial charge in [-0.15, -0.1) is 0 Å². The molecule has 0 amide bonds. The van der Waals surface area contributed by atoms with Gasteiger partial charge < -0.3 is 5.11 Å². The van der Waals surface area contributed by atoms with E-state index in [0.29, 0.717) is 3.53 Å². The molecule has 0 unspecified atom stereocenters. The zero-order chi connectivity index (χ0) is 18.8. The fourth-order valence-electron chi connectivity index (χ4n) is 1.27. The van der Waals surface area contributed by atoms with E-state index in [1.54, 1.807) is 13.8 Å². The van der Waals surface area contributed by atoms with Crippen molar-refractivity contribution < 1.29 is 20.0 Å². The molecule has 0 aromatic heterocycles. The molecule has 1 rings (SSSR count). The van der Waals surface area contributed by atoms with E-state index >= 15 is 0 Å². The molecule has 4 nitrogen and oxygen atoms in total. The largest absolute Gasteiger partial charge is 0.480 e. The van der Waals surface area contributed by atoms with E-state index in [0.717, 1.165) is 11.8 Å². The van der Waals surface area contributed by atoms with Crippen LogP contribution in [0.5, 0.6) is 0 Å². The van der Waals surface area contributed by atoms with Crippen molar-refractivity contribution in [2.24, 2.45) is 0 Å². The van der Waals surface area contributed by atoms with Gasteiger partial charge in [0.15, 0.2) is 0 Å². The molecule has 1 aromatic rings. The van der Waals surface area contributed by atoms with Gasteiger partial charge in [-0.2, -0.15) is 0 Å². The molecule has 134 valence electrons. The highest BCUT2D eigenvalue weighted by Crippen LogP contribution is 2.36. The van der Waals surface area contributed by atoms with Gasteiger partial charge in [0.25, 0.3) is 0 Å². The molecule has 0 aliphatic rings. The van der Waals surface area contributed by atoms with E-state index in [1.165, 1.54) is 17.3 Å². The maximum atomic E-state index is 10.9. The standard InChI is InChI=1S/C9H16O4S3.C8H8/c1-8(2,5-13-12)15-7(14)16-9(3,4)6(10)11;1-2-8-6-4-3-5-7-8/h12H,5H2,1-4H3,(H,10,11);2-7H,1H2. The molecule has 1 aromatic carbocycles. The number of carbonyl (C=O) groups is 1. The number of thiocarbonyl (C=S) groups is 1. The summed E-state index contributed by atoms with van der Waals surface area (Å²) in [5, 5.41) is 17.3. The van der Waals surface area contributed by atoms with E-state index < -0.39 is 10.7 Å². The molecule has 0 radical (unpaired) electrons. The number of hydrogen-bond acceptors (Lipinski definition) is 6. The fourth-order valence-corrected chi connectivity index (χ4v) is 5.11. The second-order valence-electron chi connectivity index (χ2n) is 5.92. The van der Waals surface area contributed by atoms with Crippen molar-refractivity contribution in [3.05, 3.63) is 42.5 Å². The minimum atomic E-state index is -0.944. The summed E-state index contributed by atoms with van der Waals surface area (Å²) in [5.41, 5.74) is 1.17. The van der Waals surface area contributed by atoms with Crippen LogP contribution in [0.1, 0.15) is 33.3 Å². The Kier molecular flexibility index (Phi) is 10.5. The van der Waals surface area contributed by atoms with Crippen molar-refractivity contribution >= 4 is 51.3 Å². The zero-order valence-electron chi connectivity index (χ0n) is 14.3. The van der Waals surface area contributed by atoms with Crippen LogP contribution in [-0.2, 0) is 9.68 Å². The molecule has 0 aliphatic carbocycles. The van der Waals surface area contributed by atoms with Crippen molar-refractivity contribution in [3.63, 3.8) is 0 Å². The van der Waals surface area contributed by atoms with Crippen LogP contribution in [0, 0.1) is 0 Å². The van der Waals surface area contributed by atoms with Gasteiger partial charge in [-0.1, -0.05) is 78.7 Å². The highest BCUT2D eigenvalue weighted by atomic mass is 32.2. The minimum Gasteiger partial charge on any atom is -0.480 e. The number of benzene rings is 1. The van der Waals surface area contributed by atoms with Crippen LogP contribution in [-0.4, -0.2) is 36.0 Å². The Morgan fingerprint density at radius 3 is 2.17 bits per heavy atom. The SMILES string of the molecule is C=Cc1ccccc1.CC(C)(COO)SC(=S)SC(C)(C)C(=O)O. The van der Waals surface area contributed by atoms with Crippen LogP contribution >= 0.6 is 35.7 Å². The molecule has 0 spiro atoms. The second kappa shape index (κ2) is 10.9. The van der Waals surface area contributed by atoms with Crippen molar-refractivity contribution in [3.8, 4) is 0 Å². The Hall–Kier alpha value is -0.860. The first kappa shape index (κ1) is 23.1. The van der Waals surface area contributed by atoms with E-state index in [4.69, 9.17) is 22.6 Å². The first-order valence-corrected chi connectivity index (χ1v) is 9.17. The molecule has 0 saturated heterocycles. The highest BCUT2D eigenvalue weighted by molar-refractivity contribution is 8.48. The molecular formula is C17H24O4S3. The lowest BCUT2D eigenvalue weighted by molar-refractivity contribution is -0.245. The molecule has 0 saturated carbocycles. The van der Waals surface area contributed by atoms with E-state index in [-0.39, 0.29) is 11.4 Å². The Labute approximate surface area is 157 Å². The van der Waals surface area contributed by atoms with E-state index in [1.807, 2.05) is 50.3 Å². The number of carboxylic acid groups (broad SMARTS) is 1. The molecule has 0 fully saturated rings. The number of rotatable bonds is 6. The number of thioether (sulfide) groups is 2. The number of aliphatic carboxylic acids is 1. The summed E-state index contributed by atoms with van der Waals surface area (Å²) in [6.07, 6.45) is 1.83.